The second kappa shape index (κ2) is 40.1. The third-order valence-corrected chi connectivity index (χ3v) is 9.63. The molecular formula is C45H83NO4. The molecule has 0 bridgehead atoms. The predicted molar refractivity (Wildman–Crippen MR) is 217 cm³/mol. The van der Waals surface area contributed by atoms with Crippen LogP contribution in [0.15, 0.2) is 48.6 Å². The summed E-state index contributed by atoms with van der Waals surface area (Å²) >= 11 is 0. The van der Waals surface area contributed by atoms with Gasteiger partial charge in [-0.25, -0.2) is 0 Å². The summed E-state index contributed by atoms with van der Waals surface area (Å²) in [5.41, 5.74) is 0. The van der Waals surface area contributed by atoms with Crippen molar-refractivity contribution in [1.29, 1.82) is 0 Å². The molecule has 0 spiro atoms. The van der Waals surface area contributed by atoms with E-state index in [0.717, 1.165) is 57.8 Å². The van der Waals surface area contributed by atoms with Crippen LogP contribution >= 0.6 is 0 Å². The second-order valence-corrected chi connectivity index (χ2v) is 14.5. The number of carbonyl (C=O) groups excluding carboxylic acids is 1. The van der Waals surface area contributed by atoms with Gasteiger partial charge in [0.1, 0.15) is 6.10 Å². The van der Waals surface area contributed by atoms with Crippen LogP contribution in [0, 0.1) is 0 Å². The van der Waals surface area contributed by atoms with Gasteiger partial charge in [0.05, 0.1) is 18.8 Å². The van der Waals surface area contributed by atoms with E-state index in [1.54, 1.807) is 0 Å². The maximum atomic E-state index is 12.4. The van der Waals surface area contributed by atoms with Crippen molar-refractivity contribution in [3.05, 3.63) is 48.6 Å². The Hall–Kier alpha value is -1.69. The molecule has 0 aliphatic carbocycles. The summed E-state index contributed by atoms with van der Waals surface area (Å²) in [6, 6.07) is -0.834. The van der Waals surface area contributed by atoms with Crippen LogP contribution in [0.4, 0.5) is 0 Å². The van der Waals surface area contributed by atoms with Gasteiger partial charge in [0, 0.05) is 6.42 Å². The number of aliphatic hydroxyl groups excluding tert-OH is 3. The molecule has 3 unspecified atom stereocenters. The quantitative estimate of drug-likeness (QED) is 0.0381. The first kappa shape index (κ1) is 48.3. The Balaban J connectivity index is 3.65. The lowest BCUT2D eigenvalue weighted by Crippen LogP contribution is -2.50. The van der Waals surface area contributed by atoms with E-state index < -0.39 is 18.2 Å². The van der Waals surface area contributed by atoms with E-state index >= 15 is 0 Å². The SMILES string of the molecule is CCCC/C=C/CC/C=C/CCCC(O)C(O)C(CO)NC(=O)CCCCCCCCCCC/C=C\C/C=C\CCCCCCCCCCC. The van der Waals surface area contributed by atoms with Gasteiger partial charge in [0.2, 0.25) is 5.91 Å². The molecule has 3 atom stereocenters. The fraction of sp³-hybridized carbons (Fsp3) is 0.800. The van der Waals surface area contributed by atoms with Crippen LogP contribution in [0.2, 0.25) is 0 Å². The van der Waals surface area contributed by atoms with Crippen molar-refractivity contribution >= 4 is 5.91 Å². The molecule has 292 valence electrons. The first-order valence-corrected chi connectivity index (χ1v) is 21.4. The Kier molecular flexibility index (Phi) is 38.7. The minimum absolute atomic E-state index is 0.166. The zero-order chi connectivity index (χ0) is 36.6. The van der Waals surface area contributed by atoms with Crippen LogP contribution in [-0.2, 0) is 4.79 Å². The Morgan fingerprint density at radius 1 is 0.500 bits per heavy atom. The van der Waals surface area contributed by atoms with E-state index in [1.807, 2.05) is 0 Å². The lowest BCUT2D eigenvalue weighted by molar-refractivity contribution is -0.124. The fourth-order valence-electron chi connectivity index (χ4n) is 6.25. The minimum Gasteiger partial charge on any atom is -0.394 e. The van der Waals surface area contributed by atoms with E-state index in [9.17, 15) is 20.1 Å². The molecule has 0 aliphatic heterocycles. The molecule has 4 N–H and O–H groups in total. The van der Waals surface area contributed by atoms with Gasteiger partial charge in [-0.3, -0.25) is 4.79 Å². The zero-order valence-electron chi connectivity index (χ0n) is 33.0. The van der Waals surface area contributed by atoms with Gasteiger partial charge >= 0.3 is 0 Å². The molecule has 0 fully saturated rings. The predicted octanol–water partition coefficient (Wildman–Crippen LogP) is 12.2. The van der Waals surface area contributed by atoms with Gasteiger partial charge < -0.3 is 20.6 Å². The van der Waals surface area contributed by atoms with Gasteiger partial charge in [-0.1, -0.05) is 172 Å². The molecular weight excluding hydrogens is 618 g/mol. The number of carbonyl (C=O) groups is 1. The summed E-state index contributed by atoms with van der Waals surface area (Å²) in [6.45, 7) is 4.10. The summed E-state index contributed by atoms with van der Waals surface area (Å²) in [4.78, 5) is 12.4. The average molecular weight is 702 g/mol. The molecule has 5 nitrogen and oxygen atoms in total. The summed E-state index contributed by atoms with van der Waals surface area (Å²) in [7, 11) is 0. The number of hydrogen-bond acceptors (Lipinski definition) is 4. The molecule has 0 aromatic carbocycles. The second-order valence-electron chi connectivity index (χ2n) is 14.5. The maximum absolute atomic E-state index is 12.4. The Morgan fingerprint density at radius 2 is 0.900 bits per heavy atom. The fourth-order valence-corrected chi connectivity index (χ4v) is 6.25. The van der Waals surface area contributed by atoms with E-state index in [-0.39, 0.29) is 12.5 Å². The molecule has 0 aromatic heterocycles. The van der Waals surface area contributed by atoms with Crippen molar-refractivity contribution in [3.8, 4) is 0 Å². The number of aliphatic hydroxyl groups is 3. The monoisotopic (exact) mass is 702 g/mol. The summed E-state index contributed by atoms with van der Waals surface area (Å²) < 4.78 is 0. The van der Waals surface area contributed by atoms with Crippen LogP contribution in [-0.4, -0.2) is 46.1 Å². The Bertz CT molecular complexity index is 820. The number of nitrogens with one attached hydrogen (secondary N) is 1. The number of amides is 1. The highest BCUT2D eigenvalue weighted by molar-refractivity contribution is 5.76. The smallest absolute Gasteiger partial charge is 0.220 e. The van der Waals surface area contributed by atoms with Crippen LogP contribution in [0.3, 0.4) is 0 Å². The highest BCUT2D eigenvalue weighted by Crippen LogP contribution is 2.14. The normalized spacial score (nSPS) is 14.1. The van der Waals surface area contributed by atoms with E-state index in [2.05, 4.69) is 67.8 Å². The molecule has 0 saturated heterocycles. The van der Waals surface area contributed by atoms with Gasteiger partial charge in [0.15, 0.2) is 0 Å². The molecule has 0 radical (unpaired) electrons. The van der Waals surface area contributed by atoms with Crippen molar-refractivity contribution < 1.29 is 20.1 Å². The number of allylic oxidation sites excluding steroid dienone is 8. The third kappa shape index (κ3) is 34.7. The molecule has 0 rings (SSSR count). The van der Waals surface area contributed by atoms with Crippen LogP contribution in [0.5, 0.6) is 0 Å². The van der Waals surface area contributed by atoms with Crippen molar-refractivity contribution in [3.63, 3.8) is 0 Å². The summed E-state index contributed by atoms with van der Waals surface area (Å²) in [5, 5.41) is 33.3. The molecule has 1 amide bonds. The molecule has 5 heteroatoms. The molecule has 0 aliphatic rings. The van der Waals surface area contributed by atoms with Gasteiger partial charge in [-0.15, -0.1) is 0 Å². The highest BCUT2D eigenvalue weighted by Gasteiger charge is 2.26. The van der Waals surface area contributed by atoms with Crippen molar-refractivity contribution in [1.82, 2.24) is 5.32 Å². The topological polar surface area (TPSA) is 89.8 Å². The Morgan fingerprint density at radius 3 is 1.40 bits per heavy atom. The summed E-state index contributed by atoms with van der Waals surface area (Å²) in [6.07, 6.45) is 50.8. The molecule has 0 aromatic rings. The third-order valence-electron chi connectivity index (χ3n) is 9.63. The Labute approximate surface area is 310 Å². The largest absolute Gasteiger partial charge is 0.394 e. The molecule has 0 heterocycles. The summed E-state index contributed by atoms with van der Waals surface area (Å²) in [5.74, 6) is -0.166. The van der Waals surface area contributed by atoms with Crippen LogP contribution in [0.1, 0.15) is 206 Å². The van der Waals surface area contributed by atoms with Crippen molar-refractivity contribution in [2.24, 2.45) is 0 Å². The van der Waals surface area contributed by atoms with Gasteiger partial charge in [-0.05, 0) is 77.0 Å². The maximum Gasteiger partial charge on any atom is 0.220 e. The number of hydrogen-bond donors (Lipinski definition) is 4. The first-order chi connectivity index (χ1) is 24.6. The van der Waals surface area contributed by atoms with Crippen LogP contribution in [0.25, 0.3) is 0 Å². The van der Waals surface area contributed by atoms with Crippen LogP contribution < -0.4 is 5.32 Å². The van der Waals surface area contributed by atoms with E-state index in [0.29, 0.717) is 12.8 Å². The lowest BCUT2D eigenvalue weighted by atomic mass is 10.0. The van der Waals surface area contributed by atoms with E-state index in [1.165, 1.54) is 122 Å². The van der Waals surface area contributed by atoms with E-state index in [4.69, 9.17) is 0 Å². The first-order valence-electron chi connectivity index (χ1n) is 21.4. The van der Waals surface area contributed by atoms with Crippen molar-refractivity contribution in [2.45, 2.75) is 225 Å². The average Bonchev–Trinajstić information content (AvgIpc) is 3.12. The van der Waals surface area contributed by atoms with Gasteiger partial charge in [-0.2, -0.15) is 0 Å². The zero-order valence-corrected chi connectivity index (χ0v) is 33.0. The molecule has 0 saturated carbocycles. The number of rotatable bonds is 38. The van der Waals surface area contributed by atoms with Crippen molar-refractivity contribution in [2.75, 3.05) is 6.61 Å². The minimum atomic E-state index is -1.17. The number of unbranched alkanes of at least 4 members (excludes halogenated alkanes) is 22. The lowest BCUT2D eigenvalue weighted by Gasteiger charge is -2.26. The molecule has 50 heavy (non-hydrogen) atoms. The standard InChI is InChI=1S/C45H83NO4/c1-3-5-7-9-11-13-15-16-17-18-19-20-21-22-23-24-25-26-27-28-30-32-34-36-38-40-44(49)46-42(41-47)45(50)43(48)39-37-35-33-31-29-14-12-10-8-6-4-2/h10,12,19-20,22-23,31,33,42-43,45,47-48,50H,3-9,11,13-18,21,24-30,32,34-41H2,1-2H3,(H,46,49)/b12-10+,20-19-,23-22-,33-31+. The van der Waals surface area contributed by atoms with Gasteiger partial charge in [0.25, 0.3) is 0 Å². The highest BCUT2D eigenvalue weighted by atomic mass is 16.3.